The molecule has 0 radical (unpaired) electrons. The smallest absolute Gasteiger partial charge is 0.266 e. The van der Waals surface area contributed by atoms with Gasteiger partial charge in [0.05, 0.1) is 23.2 Å². The number of aliphatic carboxylic acids is 1. The molecule has 1 amide bonds. The lowest BCUT2D eigenvalue weighted by Gasteiger charge is -2.23. The van der Waals surface area contributed by atoms with Gasteiger partial charge in [0.15, 0.2) is 0 Å². The number of hydrogen-bond acceptors (Lipinski definition) is 6. The van der Waals surface area contributed by atoms with Crippen molar-refractivity contribution in [2.24, 2.45) is 0 Å². The fourth-order valence-corrected chi connectivity index (χ4v) is 2.82. The van der Waals surface area contributed by atoms with E-state index in [1.807, 2.05) is 0 Å². The number of amides is 1. The van der Waals surface area contributed by atoms with E-state index in [0.717, 1.165) is 16.7 Å². The van der Waals surface area contributed by atoms with Gasteiger partial charge in [0.25, 0.3) is 5.91 Å². The number of carbonyl (C=O) groups is 2. The Morgan fingerprint density at radius 2 is 2.39 bits per heavy atom. The first-order chi connectivity index (χ1) is 8.50. The molecule has 0 unspecified atom stereocenters. The van der Waals surface area contributed by atoms with Gasteiger partial charge >= 0.3 is 0 Å². The van der Waals surface area contributed by atoms with Crippen molar-refractivity contribution in [2.45, 2.75) is 13.0 Å². The standard InChI is InChI=1S/C11H9NO4S2/c1-6(10(14)15)12-9(13)8(18-11(12)17)5-7-3-2-4-16-7/h2-6H,1H3,(H,14,15)/p-1/b8-5-/t6-/m1/s1. The molecule has 2 heterocycles. The third-order valence-electron chi connectivity index (χ3n) is 2.37. The summed E-state index contributed by atoms with van der Waals surface area (Å²) in [5, 5.41) is 10.8. The number of carboxylic acid groups (broad SMARTS) is 1. The van der Waals surface area contributed by atoms with Crippen LogP contribution in [0.5, 0.6) is 0 Å². The van der Waals surface area contributed by atoms with Crippen LogP contribution in [0.25, 0.3) is 6.08 Å². The minimum absolute atomic E-state index is 0.203. The number of rotatable bonds is 3. The molecule has 1 aromatic rings. The van der Waals surface area contributed by atoms with Crippen molar-refractivity contribution in [1.29, 1.82) is 0 Å². The molecule has 0 N–H and O–H groups in total. The molecule has 0 aliphatic carbocycles. The number of thioether (sulfide) groups is 1. The number of furan rings is 1. The molecule has 0 spiro atoms. The molecule has 0 bridgehead atoms. The first-order valence-corrected chi connectivity index (χ1v) is 6.24. The molecule has 1 aromatic heterocycles. The average molecular weight is 282 g/mol. The molecular formula is C11H8NO4S2-. The molecule has 1 atom stereocenters. The zero-order valence-electron chi connectivity index (χ0n) is 9.28. The van der Waals surface area contributed by atoms with Gasteiger partial charge in [-0.05, 0) is 19.1 Å². The number of carboxylic acids is 1. The fourth-order valence-electron chi connectivity index (χ4n) is 1.42. The van der Waals surface area contributed by atoms with E-state index in [9.17, 15) is 14.7 Å². The highest BCUT2D eigenvalue weighted by Crippen LogP contribution is 2.33. The predicted octanol–water partition coefficient (Wildman–Crippen LogP) is 0.619. The topological polar surface area (TPSA) is 73.6 Å². The van der Waals surface area contributed by atoms with Crippen LogP contribution in [-0.4, -0.2) is 27.1 Å². The van der Waals surface area contributed by atoms with Crippen molar-refractivity contribution in [2.75, 3.05) is 0 Å². The summed E-state index contributed by atoms with van der Waals surface area (Å²) in [6.45, 7) is 1.36. The lowest BCUT2D eigenvalue weighted by Crippen LogP contribution is -2.48. The highest BCUT2D eigenvalue weighted by atomic mass is 32.2. The van der Waals surface area contributed by atoms with Crippen LogP contribution in [-0.2, 0) is 9.59 Å². The third-order valence-corrected chi connectivity index (χ3v) is 3.70. The van der Waals surface area contributed by atoms with Gasteiger partial charge < -0.3 is 14.3 Å². The Bertz CT molecular complexity index is 535. The van der Waals surface area contributed by atoms with E-state index >= 15 is 0 Å². The second kappa shape index (κ2) is 4.95. The molecular weight excluding hydrogens is 274 g/mol. The predicted molar refractivity (Wildman–Crippen MR) is 68.2 cm³/mol. The van der Waals surface area contributed by atoms with Crippen LogP contribution in [0, 0.1) is 0 Å². The number of hydrogen-bond donors (Lipinski definition) is 0. The summed E-state index contributed by atoms with van der Waals surface area (Å²) in [4.78, 5) is 24.2. The molecule has 7 heteroatoms. The van der Waals surface area contributed by atoms with E-state index in [4.69, 9.17) is 16.6 Å². The lowest BCUT2D eigenvalue weighted by atomic mass is 10.3. The Hall–Kier alpha value is -1.60. The largest absolute Gasteiger partial charge is 0.548 e. The molecule has 18 heavy (non-hydrogen) atoms. The molecule has 1 fully saturated rings. The first kappa shape index (κ1) is 12.8. The normalized spacial score (nSPS) is 19.6. The zero-order valence-corrected chi connectivity index (χ0v) is 10.9. The van der Waals surface area contributed by atoms with Crippen molar-refractivity contribution in [3.05, 3.63) is 29.1 Å². The summed E-state index contributed by atoms with van der Waals surface area (Å²) in [6, 6.07) is 2.30. The van der Waals surface area contributed by atoms with Crippen LogP contribution in [0.2, 0.25) is 0 Å². The van der Waals surface area contributed by atoms with E-state index < -0.39 is 17.9 Å². The summed E-state index contributed by atoms with van der Waals surface area (Å²) in [7, 11) is 0. The summed E-state index contributed by atoms with van der Waals surface area (Å²) >= 11 is 6.03. The summed E-state index contributed by atoms with van der Waals surface area (Å²) in [5.41, 5.74) is 0. The average Bonchev–Trinajstić information content (AvgIpc) is 2.88. The summed E-state index contributed by atoms with van der Waals surface area (Å²) in [5.74, 6) is -1.28. The Morgan fingerprint density at radius 3 is 2.94 bits per heavy atom. The van der Waals surface area contributed by atoms with Crippen LogP contribution >= 0.6 is 24.0 Å². The van der Waals surface area contributed by atoms with Gasteiger partial charge in [0.2, 0.25) is 0 Å². The van der Waals surface area contributed by atoms with Crippen molar-refractivity contribution in [3.63, 3.8) is 0 Å². The van der Waals surface area contributed by atoms with Crippen LogP contribution in [0.15, 0.2) is 27.7 Å². The van der Waals surface area contributed by atoms with Crippen molar-refractivity contribution < 1.29 is 19.1 Å². The van der Waals surface area contributed by atoms with Gasteiger partial charge in [-0.25, -0.2) is 0 Å². The molecule has 0 aromatic carbocycles. The van der Waals surface area contributed by atoms with E-state index in [1.54, 1.807) is 12.1 Å². The Kier molecular flexibility index (Phi) is 3.53. The summed E-state index contributed by atoms with van der Waals surface area (Å²) < 4.78 is 5.29. The van der Waals surface area contributed by atoms with Crippen molar-refractivity contribution in [3.8, 4) is 0 Å². The maximum absolute atomic E-state index is 12.0. The number of carbonyl (C=O) groups excluding carboxylic acids is 2. The Morgan fingerprint density at radius 1 is 1.67 bits per heavy atom. The maximum Gasteiger partial charge on any atom is 0.266 e. The fraction of sp³-hybridized carbons (Fsp3) is 0.182. The highest BCUT2D eigenvalue weighted by Gasteiger charge is 2.35. The number of nitrogens with zero attached hydrogens (tertiary/aromatic N) is 1. The van der Waals surface area contributed by atoms with Gasteiger partial charge in [0, 0.05) is 6.08 Å². The van der Waals surface area contributed by atoms with Crippen LogP contribution in [0.4, 0.5) is 0 Å². The van der Waals surface area contributed by atoms with E-state index in [-0.39, 0.29) is 4.32 Å². The monoisotopic (exact) mass is 282 g/mol. The molecule has 1 saturated heterocycles. The highest BCUT2D eigenvalue weighted by molar-refractivity contribution is 8.26. The molecule has 1 aliphatic heterocycles. The minimum Gasteiger partial charge on any atom is -0.548 e. The van der Waals surface area contributed by atoms with Crippen LogP contribution in [0.3, 0.4) is 0 Å². The lowest BCUT2D eigenvalue weighted by molar-refractivity contribution is -0.309. The van der Waals surface area contributed by atoms with Crippen LogP contribution in [0.1, 0.15) is 12.7 Å². The molecule has 5 nitrogen and oxygen atoms in total. The maximum atomic E-state index is 12.0. The van der Waals surface area contributed by atoms with Crippen LogP contribution < -0.4 is 5.11 Å². The molecule has 1 aliphatic rings. The first-order valence-electron chi connectivity index (χ1n) is 5.02. The third kappa shape index (κ3) is 2.32. The summed E-state index contributed by atoms with van der Waals surface area (Å²) in [6.07, 6.45) is 3.01. The second-order valence-corrected chi connectivity index (χ2v) is 5.24. The zero-order chi connectivity index (χ0) is 13.3. The Labute approximate surface area is 112 Å². The van der Waals surface area contributed by atoms with Gasteiger partial charge in [0.1, 0.15) is 10.1 Å². The van der Waals surface area contributed by atoms with E-state index in [2.05, 4.69) is 0 Å². The molecule has 94 valence electrons. The Balaban J connectivity index is 2.27. The van der Waals surface area contributed by atoms with E-state index in [0.29, 0.717) is 10.7 Å². The SMILES string of the molecule is C[C@H](C(=O)[O-])N1C(=O)/C(=C/c2ccco2)SC1=S. The quantitative estimate of drug-likeness (QED) is 0.597. The van der Waals surface area contributed by atoms with Crippen molar-refractivity contribution in [1.82, 2.24) is 4.90 Å². The number of thiocarbonyl (C=S) groups is 1. The van der Waals surface area contributed by atoms with Crippen molar-refractivity contribution >= 4 is 46.3 Å². The molecule has 2 rings (SSSR count). The van der Waals surface area contributed by atoms with Gasteiger partial charge in [-0.1, -0.05) is 24.0 Å². The van der Waals surface area contributed by atoms with Gasteiger partial charge in [-0.15, -0.1) is 0 Å². The molecule has 0 saturated carbocycles. The second-order valence-electron chi connectivity index (χ2n) is 3.56. The van der Waals surface area contributed by atoms with Gasteiger partial charge in [-0.3, -0.25) is 9.69 Å². The minimum atomic E-state index is -1.34. The van der Waals surface area contributed by atoms with Gasteiger partial charge in [-0.2, -0.15) is 0 Å². The van der Waals surface area contributed by atoms with E-state index in [1.165, 1.54) is 19.3 Å².